The maximum Gasteiger partial charge on any atom is 0.433 e. The average molecular weight is 374 g/mol. The van der Waals surface area contributed by atoms with E-state index >= 15 is 0 Å². The fourth-order valence-corrected chi connectivity index (χ4v) is 3.47. The predicted octanol–water partition coefficient (Wildman–Crippen LogP) is 3.40. The highest BCUT2D eigenvalue weighted by Crippen LogP contribution is 2.30. The second-order valence-electron chi connectivity index (χ2n) is 5.97. The summed E-state index contributed by atoms with van der Waals surface area (Å²) >= 11 is 1.41. The number of aromatic nitrogens is 1. The molecule has 0 unspecified atom stereocenters. The van der Waals surface area contributed by atoms with Crippen LogP contribution in [0.3, 0.4) is 0 Å². The molecule has 1 amide bonds. The van der Waals surface area contributed by atoms with Gasteiger partial charge in [0.1, 0.15) is 4.92 Å². The number of carbonyl (C=O) groups excluding carboxylic acids is 1. The molecule has 136 valence electrons. The zero-order valence-electron chi connectivity index (χ0n) is 14.4. The molecule has 0 bridgehead atoms. The standard InChI is InChI=1S/C17H18N4O4S/c1-19(2)10-5-11-20(16(22)13-8-9-15(25-13)21(23)24)17-18-12-6-3-4-7-14(12)26-17/h3-4,6-9H,5,10-11H2,1-2H3. The van der Waals surface area contributed by atoms with E-state index in [9.17, 15) is 14.9 Å². The second-order valence-corrected chi connectivity index (χ2v) is 6.98. The van der Waals surface area contributed by atoms with Gasteiger partial charge in [-0.1, -0.05) is 23.5 Å². The molecule has 0 fully saturated rings. The maximum absolute atomic E-state index is 12.9. The van der Waals surface area contributed by atoms with Gasteiger partial charge in [-0.15, -0.1) is 0 Å². The average Bonchev–Trinajstić information content (AvgIpc) is 3.24. The fraction of sp³-hybridized carbons (Fsp3) is 0.294. The molecule has 0 N–H and O–H groups in total. The lowest BCUT2D eigenvalue weighted by Crippen LogP contribution is -2.33. The number of rotatable bonds is 7. The Morgan fingerprint density at radius 2 is 2.00 bits per heavy atom. The summed E-state index contributed by atoms with van der Waals surface area (Å²) in [5.41, 5.74) is 0.809. The van der Waals surface area contributed by atoms with Crippen molar-refractivity contribution in [1.29, 1.82) is 0 Å². The van der Waals surface area contributed by atoms with Crippen LogP contribution in [0.15, 0.2) is 40.8 Å². The van der Waals surface area contributed by atoms with Crippen LogP contribution in [0.5, 0.6) is 0 Å². The third-order valence-electron chi connectivity index (χ3n) is 3.73. The number of furan rings is 1. The number of para-hydroxylation sites is 1. The van der Waals surface area contributed by atoms with E-state index in [4.69, 9.17) is 4.42 Å². The van der Waals surface area contributed by atoms with E-state index in [0.717, 1.165) is 23.2 Å². The maximum atomic E-state index is 12.9. The van der Waals surface area contributed by atoms with Crippen molar-refractivity contribution >= 4 is 38.5 Å². The van der Waals surface area contributed by atoms with Gasteiger partial charge in [-0.25, -0.2) is 4.98 Å². The van der Waals surface area contributed by atoms with Crippen molar-refractivity contribution in [3.8, 4) is 0 Å². The minimum absolute atomic E-state index is 0.0687. The first-order valence-electron chi connectivity index (χ1n) is 8.02. The largest absolute Gasteiger partial charge is 0.433 e. The number of anilines is 1. The normalized spacial score (nSPS) is 11.2. The summed E-state index contributed by atoms with van der Waals surface area (Å²) < 4.78 is 6.06. The van der Waals surface area contributed by atoms with Gasteiger partial charge in [0.05, 0.1) is 16.3 Å². The van der Waals surface area contributed by atoms with Crippen molar-refractivity contribution in [2.45, 2.75) is 6.42 Å². The van der Waals surface area contributed by atoms with E-state index in [-0.39, 0.29) is 5.76 Å². The van der Waals surface area contributed by atoms with Crippen LogP contribution in [0.1, 0.15) is 17.0 Å². The number of nitrogens with zero attached hydrogens (tertiary/aromatic N) is 4. The van der Waals surface area contributed by atoms with E-state index < -0.39 is 16.7 Å². The molecule has 2 aromatic heterocycles. The molecule has 3 rings (SSSR count). The Morgan fingerprint density at radius 1 is 1.23 bits per heavy atom. The van der Waals surface area contributed by atoms with Gasteiger partial charge in [0, 0.05) is 6.54 Å². The molecule has 0 radical (unpaired) electrons. The zero-order chi connectivity index (χ0) is 18.7. The summed E-state index contributed by atoms with van der Waals surface area (Å²) in [4.78, 5) is 31.1. The van der Waals surface area contributed by atoms with Crippen molar-refractivity contribution in [2.24, 2.45) is 0 Å². The molecule has 2 heterocycles. The fourth-order valence-electron chi connectivity index (χ4n) is 2.48. The first-order chi connectivity index (χ1) is 12.5. The summed E-state index contributed by atoms with van der Waals surface area (Å²) in [7, 11) is 3.92. The van der Waals surface area contributed by atoms with Gasteiger partial charge in [0.2, 0.25) is 0 Å². The van der Waals surface area contributed by atoms with Gasteiger partial charge in [-0.2, -0.15) is 0 Å². The topological polar surface area (TPSA) is 92.7 Å². The van der Waals surface area contributed by atoms with Crippen LogP contribution in [-0.4, -0.2) is 47.9 Å². The smallest absolute Gasteiger partial charge is 0.395 e. The van der Waals surface area contributed by atoms with Gasteiger partial charge in [0.15, 0.2) is 10.9 Å². The molecule has 0 saturated carbocycles. The molecule has 0 aliphatic heterocycles. The molecule has 0 saturated heterocycles. The quantitative estimate of drug-likeness (QED) is 0.465. The van der Waals surface area contributed by atoms with Crippen LogP contribution in [0, 0.1) is 10.1 Å². The number of benzene rings is 1. The molecule has 0 spiro atoms. The Morgan fingerprint density at radius 3 is 2.65 bits per heavy atom. The Hall–Kier alpha value is -2.78. The lowest BCUT2D eigenvalue weighted by Gasteiger charge is -2.19. The van der Waals surface area contributed by atoms with E-state index in [1.807, 2.05) is 43.3 Å². The summed E-state index contributed by atoms with van der Waals surface area (Å²) in [6.07, 6.45) is 0.734. The highest BCUT2D eigenvalue weighted by atomic mass is 32.1. The first kappa shape index (κ1) is 18.0. The number of fused-ring (bicyclic) bond motifs is 1. The Labute approximate surface area is 153 Å². The summed E-state index contributed by atoms with van der Waals surface area (Å²) in [5.74, 6) is -0.956. The number of hydrogen-bond donors (Lipinski definition) is 0. The molecule has 1 aromatic carbocycles. The van der Waals surface area contributed by atoms with Crippen molar-refractivity contribution in [3.05, 3.63) is 52.3 Å². The summed E-state index contributed by atoms with van der Waals surface area (Å²) in [6, 6.07) is 10.1. The third-order valence-corrected chi connectivity index (χ3v) is 4.79. The first-order valence-corrected chi connectivity index (χ1v) is 8.84. The van der Waals surface area contributed by atoms with Crippen LogP contribution in [0.2, 0.25) is 0 Å². The molecule has 0 aliphatic carbocycles. The third kappa shape index (κ3) is 3.89. The van der Waals surface area contributed by atoms with Crippen molar-refractivity contribution in [3.63, 3.8) is 0 Å². The van der Waals surface area contributed by atoms with Gasteiger partial charge < -0.3 is 9.32 Å². The van der Waals surface area contributed by atoms with Crippen LogP contribution < -0.4 is 4.90 Å². The molecular formula is C17H18N4O4S. The Kier molecular flexibility index (Phi) is 5.29. The lowest BCUT2D eigenvalue weighted by molar-refractivity contribution is -0.402. The highest BCUT2D eigenvalue weighted by Gasteiger charge is 2.25. The van der Waals surface area contributed by atoms with Gasteiger partial charge in [0.25, 0.3) is 5.91 Å². The van der Waals surface area contributed by atoms with Crippen LogP contribution in [0.25, 0.3) is 10.2 Å². The van der Waals surface area contributed by atoms with Crippen molar-refractivity contribution in [2.75, 3.05) is 32.1 Å². The lowest BCUT2D eigenvalue weighted by atomic mass is 10.3. The van der Waals surface area contributed by atoms with E-state index in [1.54, 1.807) is 0 Å². The van der Waals surface area contributed by atoms with Crippen LogP contribution in [0.4, 0.5) is 11.0 Å². The monoisotopic (exact) mass is 374 g/mol. The van der Waals surface area contributed by atoms with E-state index in [1.165, 1.54) is 28.4 Å². The molecule has 3 aromatic rings. The molecule has 9 heteroatoms. The molecule has 0 aliphatic rings. The summed E-state index contributed by atoms with van der Waals surface area (Å²) in [6.45, 7) is 1.23. The number of thiazole rings is 1. The van der Waals surface area contributed by atoms with Crippen molar-refractivity contribution < 1.29 is 14.1 Å². The van der Waals surface area contributed by atoms with Gasteiger partial charge in [-0.05, 0) is 45.3 Å². The Bertz CT molecular complexity index is 901. The number of amides is 1. The Balaban J connectivity index is 1.90. The molecule has 26 heavy (non-hydrogen) atoms. The van der Waals surface area contributed by atoms with Crippen molar-refractivity contribution in [1.82, 2.24) is 9.88 Å². The predicted molar refractivity (Wildman–Crippen MR) is 99.8 cm³/mol. The molecule has 0 atom stereocenters. The molecular weight excluding hydrogens is 356 g/mol. The van der Waals surface area contributed by atoms with E-state index in [0.29, 0.717) is 11.7 Å². The SMILES string of the molecule is CN(C)CCCN(C(=O)c1ccc([N+](=O)[O-])o1)c1nc2ccccc2s1. The summed E-state index contributed by atoms with van der Waals surface area (Å²) in [5, 5.41) is 11.4. The van der Waals surface area contributed by atoms with Crippen LogP contribution in [-0.2, 0) is 0 Å². The molecule has 8 nitrogen and oxygen atoms in total. The van der Waals surface area contributed by atoms with Gasteiger partial charge in [-0.3, -0.25) is 19.8 Å². The number of carbonyl (C=O) groups is 1. The second kappa shape index (κ2) is 7.63. The van der Waals surface area contributed by atoms with Crippen LogP contribution >= 0.6 is 11.3 Å². The highest BCUT2D eigenvalue weighted by molar-refractivity contribution is 7.22. The van der Waals surface area contributed by atoms with Gasteiger partial charge >= 0.3 is 5.88 Å². The minimum Gasteiger partial charge on any atom is -0.395 e. The van der Waals surface area contributed by atoms with E-state index in [2.05, 4.69) is 4.98 Å². The zero-order valence-corrected chi connectivity index (χ0v) is 15.2. The minimum atomic E-state index is -0.662. The number of hydrogen-bond acceptors (Lipinski definition) is 7. The number of nitro groups is 1.